The first kappa shape index (κ1) is 10.7. The Balaban J connectivity index is 1.86. The molecule has 2 rings (SSSR count). The molecule has 0 heterocycles. The van der Waals surface area contributed by atoms with Gasteiger partial charge in [-0.25, -0.2) is 0 Å². The summed E-state index contributed by atoms with van der Waals surface area (Å²) in [5, 5.41) is 3.57. The van der Waals surface area contributed by atoms with Crippen LogP contribution in [0.15, 0.2) is 24.3 Å². The normalized spacial score (nSPS) is 24.5. The van der Waals surface area contributed by atoms with E-state index in [2.05, 4.69) is 50.4 Å². The van der Waals surface area contributed by atoms with Crippen LogP contribution in [0.2, 0.25) is 0 Å². The largest absolute Gasteiger partial charge is 0.310 e. The van der Waals surface area contributed by atoms with Crippen molar-refractivity contribution in [2.24, 2.45) is 5.92 Å². The summed E-state index contributed by atoms with van der Waals surface area (Å²) < 4.78 is 0. The third-order valence-electron chi connectivity index (χ3n) is 3.32. The average molecular weight is 203 g/mol. The number of benzene rings is 1. The van der Waals surface area contributed by atoms with Crippen molar-refractivity contribution in [3.8, 4) is 0 Å². The molecule has 82 valence electrons. The van der Waals surface area contributed by atoms with Crippen LogP contribution in [0.3, 0.4) is 0 Å². The molecule has 0 aliphatic heterocycles. The van der Waals surface area contributed by atoms with Crippen molar-refractivity contribution in [1.29, 1.82) is 0 Å². The second-order valence-corrected chi connectivity index (χ2v) is 5.10. The Morgan fingerprint density at radius 2 is 1.87 bits per heavy atom. The Morgan fingerprint density at radius 3 is 2.33 bits per heavy atom. The molecule has 0 saturated heterocycles. The molecule has 1 aromatic carbocycles. The Bertz CT molecular complexity index is 313. The van der Waals surface area contributed by atoms with E-state index in [-0.39, 0.29) is 0 Å². The summed E-state index contributed by atoms with van der Waals surface area (Å²) in [5.41, 5.74) is 2.83. The molecule has 0 bridgehead atoms. The first-order chi connectivity index (χ1) is 7.16. The van der Waals surface area contributed by atoms with E-state index in [1.807, 2.05) is 0 Å². The van der Waals surface area contributed by atoms with Crippen LogP contribution in [-0.4, -0.2) is 6.04 Å². The van der Waals surface area contributed by atoms with Crippen molar-refractivity contribution in [3.05, 3.63) is 35.4 Å². The first-order valence-electron chi connectivity index (χ1n) is 5.99. The molecule has 0 aromatic heterocycles. The molecule has 0 spiro atoms. The van der Waals surface area contributed by atoms with Gasteiger partial charge in [0.05, 0.1) is 0 Å². The molecule has 1 aromatic rings. The summed E-state index contributed by atoms with van der Waals surface area (Å²) in [6.07, 6.45) is 1.35. The molecule has 1 N–H and O–H groups in total. The van der Waals surface area contributed by atoms with Crippen LogP contribution >= 0.6 is 0 Å². The predicted molar refractivity (Wildman–Crippen MR) is 64.9 cm³/mol. The highest BCUT2D eigenvalue weighted by Crippen LogP contribution is 2.29. The molecule has 1 aliphatic rings. The maximum atomic E-state index is 3.57. The van der Waals surface area contributed by atoms with Crippen LogP contribution in [0, 0.1) is 5.92 Å². The molecular weight excluding hydrogens is 182 g/mol. The lowest BCUT2D eigenvalue weighted by molar-refractivity contribution is 0.652. The highest BCUT2D eigenvalue weighted by atomic mass is 15.0. The summed E-state index contributed by atoms with van der Waals surface area (Å²) in [7, 11) is 0. The van der Waals surface area contributed by atoms with Crippen LogP contribution in [0.4, 0.5) is 0 Å². The van der Waals surface area contributed by atoms with E-state index < -0.39 is 0 Å². The molecule has 1 saturated carbocycles. The summed E-state index contributed by atoms with van der Waals surface area (Å²) in [6, 6.07) is 9.76. The molecule has 1 aliphatic carbocycles. The van der Waals surface area contributed by atoms with Gasteiger partial charge in [0.1, 0.15) is 0 Å². The van der Waals surface area contributed by atoms with Crippen LogP contribution in [0.25, 0.3) is 0 Å². The van der Waals surface area contributed by atoms with Crippen LogP contribution in [-0.2, 0) is 6.54 Å². The standard InChI is InChI=1S/C14H21N/c1-10(2)13-6-4-12(5-7-13)9-15-14-8-11(14)3/h4-7,10-11,14-15H,8-9H2,1-3H3. The average Bonchev–Trinajstić information content (AvgIpc) is 2.92. The second kappa shape index (κ2) is 4.36. The smallest absolute Gasteiger partial charge is 0.0208 e. The second-order valence-electron chi connectivity index (χ2n) is 5.10. The fraction of sp³-hybridized carbons (Fsp3) is 0.571. The first-order valence-corrected chi connectivity index (χ1v) is 5.99. The third-order valence-corrected chi connectivity index (χ3v) is 3.32. The van der Waals surface area contributed by atoms with Gasteiger partial charge in [-0.1, -0.05) is 45.0 Å². The predicted octanol–water partition coefficient (Wildman–Crippen LogP) is 3.31. The van der Waals surface area contributed by atoms with Crippen molar-refractivity contribution in [2.45, 2.75) is 45.7 Å². The zero-order valence-electron chi connectivity index (χ0n) is 9.96. The van der Waals surface area contributed by atoms with E-state index in [9.17, 15) is 0 Å². The van der Waals surface area contributed by atoms with E-state index >= 15 is 0 Å². The van der Waals surface area contributed by atoms with Crippen molar-refractivity contribution in [1.82, 2.24) is 5.32 Å². The van der Waals surface area contributed by atoms with E-state index in [0.717, 1.165) is 18.5 Å². The van der Waals surface area contributed by atoms with Crippen molar-refractivity contribution in [3.63, 3.8) is 0 Å². The van der Waals surface area contributed by atoms with E-state index in [1.165, 1.54) is 17.5 Å². The lowest BCUT2D eigenvalue weighted by atomic mass is 10.0. The van der Waals surface area contributed by atoms with Crippen molar-refractivity contribution in [2.75, 3.05) is 0 Å². The SMILES string of the molecule is CC(C)c1ccc(CNC2CC2C)cc1. The van der Waals surface area contributed by atoms with Gasteiger partial charge in [0.15, 0.2) is 0 Å². The summed E-state index contributed by atoms with van der Waals surface area (Å²) in [4.78, 5) is 0. The summed E-state index contributed by atoms with van der Waals surface area (Å²) >= 11 is 0. The Labute approximate surface area is 92.9 Å². The third kappa shape index (κ3) is 2.82. The van der Waals surface area contributed by atoms with Crippen molar-refractivity contribution < 1.29 is 0 Å². The molecular formula is C14H21N. The Morgan fingerprint density at radius 1 is 1.27 bits per heavy atom. The maximum Gasteiger partial charge on any atom is 0.0208 e. The summed E-state index contributed by atoms with van der Waals surface area (Å²) in [6.45, 7) is 7.80. The van der Waals surface area contributed by atoms with Gasteiger partial charge in [0.25, 0.3) is 0 Å². The molecule has 0 amide bonds. The molecule has 2 unspecified atom stereocenters. The Kier molecular flexibility index (Phi) is 3.11. The van der Waals surface area contributed by atoms with Gasteiger partial charge in [0.2, 0.25) is 0 Å². The van der Waals surface area contributed by atoms with Gasteiger partial charge in [-0.05, 0) is 29.4 Å². The fourth-order valence-electron chi connectivity index (χ4n) is 1.88. The van der Waals surface area contributed by atoms with Gasteiger partial charge >= 0.3 is 0 Å². The fourth-order valence-corrected chi connectivity index (χ4v) is 1.88. The lowest BCUT2D eigenvalue weighted by Crippen LogP contribution is -2.16. The van der Waals surface area contributed by atoms with Gasteiger partial charge in [-0.3, -0.25) is 0 Å². The monoisotopic (exact) mass is 203 g/mol. The lowest BCUT2D eigenvalue weighted by Gasteiger charge is -2.07. The number of rotatable bonds is 4. The topological polar surface area (TPSA) is 12.0 Å². The van der Waals surface area contributed by atoms with Crippen molar-refractivity contribution >= 4 is 0 Å². The number of hydrogen-bond donors (Lipinski definition) is 1. The van der Waals surface area contributed by atoms with E-state index in [4.69, 9.17) is 0 Å². The zero-order valence-corrected chi connectivity index (χ0v) is 9.96. The van der Waals surface area contributed by atoms with Gasteiger partial charge in [-0.15, -0.1) is 0 Å². The van der Waals surface area contributed by atoms with E-state index in [0.29, 0.717) is 5.92 Å². The Hall–Kier alpha value is -0.820. The zero-order chi connectivity index (χ0) is 10.8. The molecule has 2 atom stereocenters. The molecule has 0 radical (unpaired) electrons. The van der Waals surface area contributed by atoms with E-state index in [1.54, 1.807) is 0 Å². The van der Waals surface area contributed by atoms with Crippen LogP contribution < -0.4 is 5.32 Å². The minimum absolute atomic E-state index is 0.635. The minimum Gasteiger partial charge on any atom is -0.310 e. The van der Waals surface area contributed by atoms with Gasteiger partial charge in [0, 0.05) is 12.6 Å². The maximum absolute atomic E-state index is 3.57. The minimum atomic E-state index is 0.635. The molecule has 1 nitrogen and oxygen atoms in total. The van der Waals surface area contributed by atoms with Gasteiger partial charge in [-0.2, -0.15) is 0 Å². The highest BCUT2D eigenvalue weighted by Gasteiger charge is 2.31. The summed E-state index contributed by atoms with van der Waals surface area (Å²) in [5.74, 6) is 1.52. The quantitative estimate of drug-likeness (QED) is 0.791. The van der Waals surface area contributed by atoms with Crippen LogP contribution in [0.5, 0.6) is 0 Å². The van der Waals surface area contributed by atoms with Crippen LogP contribution in [0.1, 0.15) is 44.2 Å². The number of nitrogens with one attached hydrogen (secondary N) is 1. The number of hydrogen-bond acceptors (Lipinski definition) is 1. The highest BCUT2D eigenvalue weighted by molar-refractivity contribution is 5.24. The van der Waals surface area contributed by atoms with Gasteiger partial charge < -0.3 is 5.32 Å². The molecule has 1 fully saturated rings. The molecule has 15 heavy (non-hydrogen) atoms. The molecule has 1 heteroatoms.